The van der Waals surface area contributed by atoms with E-state index in [1.165, 1.54) is 6.26 Å². The van der Waals surface area contributed by atoms with Crippen LogP contribution in [0.15, 0.2) is 71.0 Å². The van der Waals surface area contributed by atoms with Crippen LogP contribution in [0, 0.1) is 0 Å². The Kier molecular flexibility index (Phi) is 15.4. The summed E-state index contributed by atoms with van der Waals surface area (Å²) in [5.74, 6) is -0.805. The van der Waals surface area contributed by atoms with E-state index in [0.29, 0.717) is 76.2 Å². The Hall–Kier alpha value is -4.31. The molecule has 4 rings (SSSR count). The highest BCUT2D eigenvalue weighted by molar-refractivity contribution is 7.90. The van der Waals surface area contributed by atoms with Gasteiger partial charge in [0.05, 0.1) is 30.4 Å². The van der Waals surface area contributed by atoms with E-state index in [9.17, 15) is 31.0 Å². The number of sulfone groups is 1. The molecule has 300 valence electrons. The van der Waals surface area contributed by atoms with Gasteiger partial charge in [-0.3, -0.25) is 14.1 Å². The van der Waals surface area contributed by atoms with Crippen molar-refractivity contribution in [3.8, 4) is 11.3 Å². The van der Waals surface area contributed by atoms with Crippen molar-refractivity contribution in [2.24, 2.45) is 0 Å². The molecule has 1 aromatic carbocycles. The third-order valence-electron chi connectivity index (χ3n) is 9.87. The fourth-order valence-electron chi connectivity index (χ4n) is 7.24. The predicted octanol–water partition coefficient (Wildman–Crippen LogP) is 4.98. The average molecular weight is 801 g/mol. The summed E-state index contributed by atoms with van der Waals surface area (Å²) in [6.45, 7) is 6.44. The summed E-state index contributed by atoms with van der Waals surface area (Å²) in [7, 11) is -5.75. The second-order valence-electron chi connectivity index (χ2n) is 14.1. The van der Waals surface area contributed by atoms with Gasteiger partial charge in [-0.15, -0.1) is 0 Å². The van der Waals surface area contributed by atoms with Crippen LogP contribution < -0.4 is 20.1 Å². The fourth-order valence-corrected chi connectivity index (χ4v) is 8.40. The molecular formula is C40H54N3O10S2+. The second kappa shape index (κ2) is 19.5. The normalized spacial score (nSPS) is 17.3. The summed E-state index contributed by atoms with van der Waals surface area (Å²) in [6.07, 6.45) is 11.6. The SMILES string of the molecule is CC[N+](CCCS(C)(=O)=O)=c1ccc2c(/C=C/C=C3/N(CCCCCC(=O)O)c4cccc(C(=O)NCCOC)c4C3(C)CCCS(=O)(=O)O)ccoc-2c1. The molecule has 1 unspecified atom stereocenters. The summed E-state index contributed by atoms with van der Waals surface area (Å²) >= 11 is 0. The molecule has 0 saturated heterocycles. The van der Waals surface area contributed by atoms with Gasteiger partial charge in [-0.25, -0.2) is 13.0 Å². The van der Waals surface area contributed by atoms with Gasteiger partial charge in [0.25, 0.3) is 16.0 Å². The summed E-state index contributed by atoms with van der Waals surface area (Å²) in [5.41, 5.74) is 3.75. The quantitative estimate of drug-likeness (QED) is 0.0751. The third-order valence-corrected chi connectivity index (χ3v) is 11.7. The second-order valence-corrected chi connectivity index (χ2v) is 17.9. The highest BCUT2D eigenvalue weighted by Gasteiger charge is 2.45. The summed E-state index contributed by atoms with van der Waals surface area (Å²) in [5, 5.41) is 13.0. The molecule has 15 heteroatoms. The van der Waals surface area contributed by atoms with E-state index in [-0.39, 0.29) is 24.5 Å². The number of nitrogens with one attached hydrogen (secondary N) is 1. The number of nitrogens with zero attached hydrogens (tertiary/aromatic N) is 2. The first-order valence-electron chi connectivity index (χ1n) is 18.6. The van der Waals surface area contributed by atoms with Gasteiger partial charge in [0.15, 0.2) is 0 Å². The Morgan fingerprint density at radius 2 is 1.82 bits per heavy atom. The molecule has 1 atom stereocenters. The molecule has 0 fully saturated rings. The van der Waals surface area contributed by atoms with Crippen LogP contribution in [-0.4, -0.2) is 96.0 Å². The van der Waals surface area contributed by atoms with Crippen LogP contribution in [-0.2, 0) is 34.9 Å². The van der Waals surface area contributed by atoms with Gasteiger partial charge in [0, 0.05) is 78.9 Å². The van der Waals surface area contributed by atoms with E-state index >= 15 is 0 Å². The number of hydrogen-bond donors (Lipinski definition) is 3. The number of carboxylic acids is 1. The lowest BCUT2D eigenvalue weighted by Gasteiger charge is -2.31. The molecule has 3 aliphatic rings. The third kappa shape index (κ3) is 12.1. The number of methoxy groups -OCH3 is 1. The van der Waals surface area contributed by atoms with Gasteiger partial charge in [-0.1, -0.05) is 24.6 Å². The number of benzene rings is 2. The van der Waals surface area contributed by atoms with Crippen molar-refractivity contribution in [3.63, 3.8) is 0 Å². The molecule has 0 bridgehead atoms. The van der Waals surface area contributed by atoms with Crippen molar-refractivity contribution in [2.45, 2.75) is 64.2 Å². The zero-order valence-corrected chi connectivity index (χ0v) is 33.8. The predicted molar refractivity (Wildman–Crippen MR) is 215 cm³/mol. The summed E-state index contributed by atoms with van der Waals surface area (Å²) in [6, 6.07) is 13.3. The van der Waals surface area contributed by atoms with Crippen LogP contribution >= 0.6 is 0 Å². The Labute approximate surface area is 324 Å². The molecule has 0 radical (unpaired) electrons. The highest BCUT2D eigenvalue weighted by Crippen LogP contribution is 2.52. The molecule has 1 aromatic rings. The van der Waals surface area contributed by atoms with Crippen molar-refractivity contribution in [1.82, 2.24) is 9.89 Å². The maximum absolute atomic E-state index is 13.6. The van der Waals surface area contributed by atoms with Crippen molar-refractivity contribution in [2.75, 3.05) is 62.6 Å². The monoisotopic (exact) mass is 800 g/mol. The number of amides is 1. The number of unbranched alkanes of at least 4 members (excludes halogenated alkanes) is 2. The van der Waals surface area contributed by atoms with E-state index in [1.807, 2.05) is 68.5 Å². The minimum absolute atomic E-state index is 0.0691. The van der Waals surface area contributed by atoms with Gasteiger partial charge >= 0.3 is 5.97 Å². The molecule has 2 aliphatic heterocycles. The lowest BCUT2D eigenvalue weighted by atomic mass is 9.75. The van der Waals surface area contributed by atoms with Gasteiger partial charge in [0.2, 0.25) is 5.36 Å². The van der Waals surface area contributed by atoms with Crippen LogP contribution in [0.1, 0.15) is 80.3 Å². The number of rotatable bonds is 21. The largest absolute Gasteiger partial charge is 0.481 e. The van der Waals surface area contributed by atoms with Crippen LogP contribution in [0.4, 0.5) is 5.69 Å². The molecule has 13 nitrogen and oxygen atoms in total. The lowest BCUT2D eigenvalue weighted by Crippen LogP contribution is -2.32. The van der Waals surface area contributed by atoms with E-state index in [0.717, 1.165) is 33.4 Å². The van der Waals surface area contributed by atoms with E-state index in [4.69, 9.17) is 14.3 Å². The van der Waals surface area contributed by atoms with Crippen LogP contribution in [0.25, 0.3) is 17.4 Å². The molecule has 0 saturated carbocycles. The average Bonchev–Trinajstić information content (AvgIpc) is 3.35. The molecular weight excluding hydrogens is 747 g/mol. The molecule has 55 heavy (non-hydrogen) atoms. The van der Waals surface area contributed by atoms with E-state index in [2.05, 4.69) is 14.8 Å². The van der Waals surface area contributed by atoms with Gasteiger partial charge < -0.3 is 24.5 Å². The van der Waals surface area contributed by atoms with Crippen molar-refractivity contribution < 1.29 is 45.2 Å². The van der Waals surface area contributed by atoms with Gasteiger partial charge in [-0.2, -0.15) is 8.42 Å². The molecule has 2 heterocycles. The van der Waals surface area contributed by atoms with Gasteiger partial charge in [0.1, 0.15) is 28.7 Å². The minimum atomic E-state index is -4.24. The smallest absolute Gasteiger partial charge is 0.303 e. The maximum atomic E-state index is 13.6. The highest BCUT2D eigenvalue weighted by atomic mass is 32.2. The Morgan fingerprint density at radius 1 is 1.04 bits per heavy atom. The first kappa shape index (κ1) is 43.4. The number of aliphatic carboxylic acids is 1. The number of fused-ring (bicyclic) bond motifs is 2. The number of hydrogen-bond acceptors (Lipinski definition) is 9. The van der Waals surface area contributed by atoms with Crippen LogP contribution in [0.5, 0.6) is 0 Å². The molecule has 3 N–H and O–H groups in total. The molecule has 1 amide bonds. The van der Waals surface area contributed by atoms with Crippen molar-refractivity contribution in [1.29, 1.82) is 0 Å². The first-order valence-corrected chi connectivity index (χ1v) is 22.3. The fraction of sp³-hybridized carbons (Fsp3) is 0.475. The Morgan fingerprint density at radius 3 is 2.51 bits per heavy atom. The zero-order valence-electron chi connectivity index (χ0n) is 32.1. The van der Waals surface area contributed by atoms with E-state index in [1.54, 1.807) is 19.4 Å². The number of carbonyl (C=O) groups excluding carboxylic acids is 1. The number of carboxylic acid groups (broad SMARTS) is 1. The Bertz CT molecular complexity index is 2140. The summed E-state index contributed by atoms with van der Waals surface area (Å²) < 4.78 is 69.8. The zero-order chi connectivity index (χ0) is 40.2. The van der Waals surface area contributed by atoms with Crippen LogP contribution in [0.2, 0.25) is 0 Å². The van der Waals surface area contributed by atoms with Crippen molar-refractivity contribution in [3.05, 3.63) is 88.6 Å². The number of carbonyl (C=O) groups is 2. The standard InChI is InChI=1S/C40H53N3O10S2/c1-5-42(23-12-27-54(4,47)48)31-18-19-32-30(20-25-53-35(32)29-31)13-9-16-36-40(2,21-11-28-55(49,50)51)38-33(39(46)41-22-26-52-3)14-10-15-34(38)43(36)24-8-6-7-17-37(44)45/h9-10,13-16,18-20,25,29H,5-8,11-12,17,21-24,26-28H2,1-4H3,(H2-,41,44,45,46,49,50,51)/p+1. The molecule has 0 spiro atoms. The number of allylic oxidation sites excluding steroid dienone is 3. The number of ether oxygens (including phenoxy) is 1. The first-order chi connectivity index (χ1) is 26.1. The van der Waals surface area contributed by atoms with E-state index < -0.39 is 37.1 Å². The van der Waals surface area contributed by atoms with Crippen LogP contribution in [0.3, 0.4) is 0 Å². The minimum Gasteiger partial charge on any atom is -0.481 e. The summed E-state index contributed by atoms with van der Waals surface area (Å²) in [4.78, 5) is 26.9. The number of anilines is 1. The van der Waals surface area contributed by atoms with Gasteiger partial charge in [-0.05, 0) is 75.4 Å². The maximum Gasteiger partial charge on any atom is 0.303 e. The lowest BCUT2D eigenvalue weighted by molar-refractivity contribution is -0.137. The molecule has 1 aliphatic carbocycles. The Balaban J connectivity index is 1.78. The van der Waals surface area contributed by atoms with Crippen molar-refractivity contribution >= 4 is 43.6 Å². The molecule has 0 aromatic heterocycles. The topological polar surface area (TPSA) is 184 Å².